The van der Waals surface area contributed by atoms with Crippen molar-refractivity contribution in [2.75, 3.05) is 20.8 Å². The smallest absolute Gasteiger partial charge is 0.336 e. The van der Waals surface area contributed by atoms with Crippen LogP contribution in [0.1, 0.15) is 42.5 Å². The van der Waals surface area contributed by atoms with E-state index < -0.39 is 0 Å². The molecule has 152 valence electrons. The second kappa shape index (κ2) is 8.29. The van der Waals surface area contributed by atoms with Gasteiger partial charge in [0.15, 0.2) is 0 Å². The third-order valence-electron chi connectivity index (χ3n) is 5.84. The van der Waals surface area contributed by atoms with Crippen LogP contribution in [0, 0.1) is 0 Å². The first-order valence-corrected chi connectivity index (χ1v) is 10.1. The lowest BCUT2D eigenvalue weighted by molar-refractivity contribution is 0.243. The summed E-state index contributed by atoms with van der Waals surface area (Å²) in [6.07, 6.45) is 3.08. The fraction of sp³-hybridized carbons (Fsp3) is 0.375. The molecular weight excluding hydrogens is 366 g/mol. The summed E-state index contributed by atoms with van der Waals surface area (Å²) in [7, 11) is 3.35. The summed E-state index contributed by atoms with van der Waals surface area (Å²) in [6.45, 7) is 3.78. The van der Waals surface area contributed by atoms with Gasteiger partial charge in [-0.3, -0.25) is 4.90 Å². The van der Waals surface area contributed by atoms with E-state index in [2.05, 4.69) is 30.0 Å². The maximum absolute atomic E-state index is 12.2. The number of rotatable bonds is 6. The molecule has 1 aliphatic rings. The molecular formula is C24H27NO4. The monoisotopic (exact) mass is 393 g/mol. The highest BCUT2D eigenvalue weighted by Crippen LogP contribution is 2.39. The van der Waals surface area contributed by atoms with Crippen molar-refractivity contribution in [1.82, 2.24) is 4.90 Å². The van der Waals surface area contributed by atoms with Crippen LogP contribution in [0.25, 0.3) is 11.0 Å². The molecule has 0 amide bonds. The lowest BCUT2D eigenvalue weighted by Gasteiger charge is -2.26. The summed E-state index contributed by atoms with van der Waals surface area (Å²) in [6, 6.07) is 14.0. The Balaban J connectivity index is 1.68. The third-order valence-corrected chi connectivity index (χ3v) is 5.84. The molecule has 4 rings (SSSR count). The van der Waals surface area contributed by atoms with E-state index in [-0.39, 0.29) is 11.7 Å². The van der Waals surface area contributed by atoms with Gasteiger partial charge in [-0.05, 0) is 49.1 Å². The summed E-state index contributed by atoms with van der Waals surface area (Å²) in [5.74, 6) is 1.62. The summed E-state index contributed by atoms with van der Waals surface area (Å²) < 4.78 is 16.5. The van der Waals surface area contributed by atoms with Gasteiger partial charge in [-0.25, -0.2) is 4.79 Å². The largest absolute Gasteiger partial charge is 0.497 e. The zero-order chi connectivity index (χ0) is 20.4. The summed E-state index contributed by atoms with van der Waals surface area (Å²) in [4.78, 5) is 14.6. The normalized spacial score (nSPS) is 17.0. The van der Waals surface area contributed by atoms with Crippen molar-refractivity contribution in [3.8, 4) is 11.5 Å². The molecule has 0 radical (unpaired) electrons. The summed E-state index contributed by atoms with van der Waals surface area (Å²) >= 11 is 0. The first kappa shape index (κ1) is 19.5. The molecule has 3 aromatic rings. The molecule has 0 aliphatic carbocycles. The van der Waals surface area contributed by atoms with Crippen LogP contribution >= 0.6 is 0 Å². The minimum Gasteiger partial charge on any atom is -0.497 e. The maximum atomic E-state index is 12.2. The first-order valence-electron chi connectivity index (χ1n) is 10.1. The number of aryl methyl sites for hydroxylation is 1. The van der Waals surface area contributed by atoms with Gasteiger partial charge in [-0.2, -0.15) is 0 Å². The van der Waals surface area contributed by atoms with Crippen LogP contribution in [0.4, 0.5) is 0 Å². The van der Waals surface area contributed by atoms with E-state index in [4.69, 9.17) is 13.9 Å². The Morgan fingerprint density at radius 2 is 1.97 bits per heavy atom. The molecule has 0 saturated carbocycles. The van der Waals surface area contributed by atoms with E-state index >= 15 is 0 Å². The Bertz CT molecular complexity index is 1070. The van der Waals surface area contributed by atoms with Gasteiger partial charge in [-0.1, -0.05) is 25.1 Å². The number of likely N-dealkylation sites (tertiary alicyclic amines) is 1. The van der Waals surface area contributed by atoms with Crippen molar-refractivity contribution in [2.45, 2.75) is 38.8 Å². The molecule has 1 aromatic heterocycles. The molecule has 2 heterocycles. The highest BCUT2D eigenvalue weighted by Gasteiger charge is 2.29. The van der Waals surface area contributed by atoms with Crippen molar-refractivity contribution < 1.29 is 13.9 Å². The molecule has 1 aliphatic heterocycles. The number of benzene rings is 2. The van der Waals surface area contributed by atoms with Crippen LogP contribution in [0.15, 0.2) is 51.7 Å². The predicted molar refractivity (Wildman–Crippen MR) is 114 cm³/mol. The fourth-order valence-electron chi connectivity index (χ4n) is 4.31. The SMILES string of the molecule is CCc1ccc2c(CN3CCC[C@@H]3c3ccc(OC)cc3OC)cc(=O)oc2c1. The molecule has 0 bridgehead atoms. The second-order valence-electron chi connectivity index (χ2n) is 7.51. The number of hydrogen-bond acceptors (Lipinski definition) is 5. The molecule has 0 spiro atoms. The molecule has 29 heavy (non-hydrogen) atoms. The molecule has 1 atom stereocenters. The molecule has 2 aromatic carbocycles. The quantitative estimate of drug-likeness (QED) is 0.568. The van der Waals surface area contributed by atoms with E-state index in [1.54, 1.807) is 20.3 Å². The van der Waals surface area contributed by atoms with E-state index in [1.165, 1.54) is 5.56 Å². The first-order chi connectivity index (χ1) is 14.1. The van der Waals surface area contributed by atoms with Crippen molar-refractivity contribution in [1.29, 1.82) is 0 Å². The molecule has 0 N–H and O–H groups in total. The molecule has 5 nitrogen and oxygen atoms in total. The van der Waals surface area contributed by atoms with Gasteiger partial charge < -0.3 is 13.9 Å². The Morgan fingerprint density at radius 1 is 1.10 bits per heavy atom. The summed E-state index contributed by atoms with van der Waals surface area (Å²) in [5, 5.41) is 1.01. The van der Waals surface area contributed by atoms with Gasteiger partial charge in [-0.15, -0.1) is 0 Å². The number of ether oxygens (including phenoxy) is 2. The van der Waals surface area contributed by atoms with Gasteiger partial charge in [0.25, 0.3) is 0 Å². The molecule has 5 heteroatoms. The summed E-state index contributed by atoms with van der Waals surface area (Å²) in [5.41, 5.74) is 3.72. The zero-order valence-electron chi connectivity index (χ0n) is 17.2. The van der Waals surface area contributed by atoms with Crippen LogP contribution in [-0.4, -0.2) is 25.7 Å². The number of nitrogens with zero attached hydrogens (tertiary/aromatic N) is 1. The Labute approximate surface area is 170 Å². The van der Waals surface area contributed by atoms with Crippen molar-refractivity contribution in [3.63, 3.8) is 0 Å². The van der Waals surface area contributed by atoms with Crippen LogP contribution in [0.3, 0.4) is 0 Å². The van der Waals surface area contributed by atoms with E-state index in [0.29, 0.717) is 12.1 Å². The molecule has 1 saturated heterocycles. The highest BCUT2D eigenvalue weighted by atomic mass is 16.5. The number of fused-ring (bicyclic) bond motifs is 1. The molecule has 1 fully saturated rings. The second-order valence-corrected chi connectivity index (χ2v) is 7.51. The van der Waals surface area contributed by atoms with Gasteiger partial charge >= 0.3 is 5.63 Å². The van der Waals surface area contributed by atoms with Gasteiger partial charge in [0.05, 0.1) is 14.2 Å². The average Bonchev–Trinajstić information content (AvgIpc) is 3.20. The topological polar surface area (TPSA) is 51.9 Å². The van der Waals surface area contributed by atoms with Crippen molar-refractivity contribution in [2.24, 2.45) is 0 Å². The minimum absolute atomic E-state index is 0.244. The maximum Gasteiger partial charge on any atom is 0.336 e. The minimum atomic E-state index is -0.293. The Hall–Kier alpha value is -2.79. The lowest BCUT2D eigenvalue weighted by atomic mass is 10.0. The standard InChI is InChI=1S/C24H27NO4/c1-4-16-7-9-19-17(13-24(26)29-23(19)12-16)15-25-11-5-6-21(25)20-10-8-18(27-2)14-22(20)28-3/h7-10,12-14,21H,4-6,11,15H2,1-3H3/t21-/m1/s1. The van der Waals surface area contributed by atoms with E-state index in [9.17, 15) is 4.79 Å². The lowest BCUT2D eigenvalue weighted by Crippen LogP contribution is -2.24. The number of hydrogen-bond donors (Lipinski definition) is 0. The highest BCUT2D eigenvalue weighted by molar-refractivity contribution is 5.80. The third kappa shape index (κ3) is 3.87. The van der Waals surface area contributed by atoms with Crippen LogP contribution in [-0.2, 0) is 13.0 Å². The zero-order valence-corrected chi connectivity index (χ0v) is 17.2. The van der Waals surface area contributed by atoms with Crippen LogP contribution < -0.4 is 15.1 Å². The van der Waals surface area contributed by atoms with Crippen molar-refractivity contribution >= 4 is 11.0 Å². The average molecular weight is 393 g/mol. The van der Waals surface area contributed by atoms with Gasteiger partial charge in [0.1, 0.15) is 17.1 Å². The predicted octanol–water partition coefficient (Wildman–Crippen LogP) is 4.71. The van der Waals surface area contributed by atoms with Gasteiger partial charge in [0.2, 0.25) is 0 Å². The molecule has 0 unspecified atom stereocenters. The van der Waals surface area contributed by atoms with Gasteiger partial charge in [0, 0.05) is 35.7 Å². The fourth-order valence-corrected chi connectivity index (χ4v) is 4.31. The van der Waals surface area contributed by atoms with Crippen LogP contribution in [0.2, 0.25) is 0 Å². The van der Waals surface area contributed by atoms with E-state index in [0.717, 1.165) is 53.8 Å². The van der Waals surface area contributed by atoms with Crippen LogP contribution in [0.5, 0.6) is 11.5 Å². The number of methoxy groups -OCH3 is 2. The Kier molecular flexibility index (Phi) is 5.58. The van der Waals surface area contributed by atoms with Crippen molar-refractivity contribution in [3.05, 3.63) is 69.6 Å². The van der Waals surface area contributed by atoms with E-state index in [1.807, 2.05) is 18.2 Å². The Morgan fingerprint density at radius 3 is 2.72 bits per heavy atom.